The molecule has 0 fully saturated rings. The Kier molecular flexibility index (Phi) is 3.63. The average molecular weight is 241 g/mol. The summed E-state index contributed by atoms with van der Waals surface area (Å²) >= 11 is 0. The molecular formula is C14H15N3O. The van der Waals surface area contributed by atoms with E-state index in [0.29, 0.717) is 5.56 Å². The maximum atomic E-state index is 9.14. The second-order valence-corrected chi connectivity index (χ2v) is 3.97. The van der Waals surface area contributed by atoms with Gasteiger partial charge in [-0.3, -0.25) is 4.98 Å². The third kappa shape index (κ3) is 2.21. The number of rotatable bonds is 4. The molecule has 1 aromatic heterocycles. The van der Waals surface area contributed by atoms with Crippen LogP contribution < -0.4 is 10.1 Å². The number of hydrogen-bond donors (Lipinski definition) is 1. The minimum Gasteiger partial charge on any atom is -0.497 e. The van der Waals surface area contributed by atoms with E-state index in [9.17, 15) is 0 Å². The van der Waals surface area contributed by atoms with Gasteiger partial charge < -0.3 is 10.1 Å². The predicted molar refractivity (Wildman–Crippen MR) is 71.8 cm³/mol. The number of benzene rings is 1. The van der Waals surface area contributed by atoms with Crippen molar-refractivity contribution in [2.24, 2.45) is 0 Å². The van der Waals surface area contributed by atoms with Gasteiger partial charge in [0.2, 0.25) is 0 Å². The number of pyridine rings is 1. The summed E-state index contributed by atoms with van der Waals surface area (Å²) in [5.41, 5.74) is 2.25. The number of ether oxygens (including phenoxy) is 1. The summed E-state index contributed by atoms with van der Waals surface area (Å²) in [6.07, 6.45) is 2.60. The van der Waals surface area contributed by atoms with E-state index in [0.717, 1.165) is 35.3 Å². The second kappa shape index (κ2) is 5.37. The summed E-state index contributed by atoms with van der Waals surface area (Å²) in [7, 11) is 1.63. The zero-order chi connectivity index (χ0) is 13.0. The summed E-state index contributed by atoms with van der Waals surface area (Å²) in [5, 5.41) is 13.4. The van der Waals surface area contributed by atoms with Gasteiger partial charge in [-0.2, -0.15) is 5.26 Å². The van der Waals surface area contributed by atoms with Crippen molar-refractivity contribution in [3.63, 3.8) is 0 Å². The zero-order valence-corrected chi connectivity index (χ0v) is 10.5. The molecule has 0 saturated carbocycles. The molecule has 4 nitrogen and oxygen atoms in total. The van der Waals surface area contributed by atoms with Gasteiger partial charge in [0.25, 0.3) is 0 Å². The van der Waals surface area contributed by atoms with Crippen LogP contribution >= 0.6 is 0 Å². The smallest absolute Gasteiger partial charge is 0.119 e. The zero-order valence-electron chi connectivity index (χ0n) is 10.5. The summed E-state index contributed by atoms with van der Waals surface area (Å²) in [4.78, 5) is 4.28. The first-order valence-electron chi connectivity index (χ1n) is 5.91. The van der Waals surface area contributed by atoms with Gasteiger partial charge in [-0.1, -0.05) is 6.92 Å². The molecule has 0 amide bonds. The topological polar surface area (TPSA) is 57.9 Å². The lowest BCUT2D eigenvalue weighted by Gasteiger charge is -2.11. The first-order valence-corrected chi connectivity index (χ1v) is 5.91. The van der Waals surface area contributed by atoms with Gasteiger partial charge in [0.1, 0.15) is 11.8 Å². The first kappa shape index (κ1) is 12.2. The molecular weight excluding hydrogens is 226 g/mol. The fourth-order valence-electron chi connectivity index (χ4n) is 1.82. The molecule has 2 rings (SSSR count). The Balaban J connectivity index is 2.62. The summed E-state index contributed by atoms with van der Waals surface area (Å²) in [6.45, 7) is 2.91. The van der Waals surface area contributed by atoms with Crippen molar-refractivity contribution in [1.29, 1.82) is 5.26 Å². The Morgan fingerprint density at radius 3 is 2.94 bits per heavy atom. The molecule has 0 atom stereocenters. The van der Waals surface area contributed by atoms with Gasteiger partial charge in [0, 0.05) is 18.1 Å². The number of hydrogen-bond acceptors (Lipinski definition) is 4. The molecule has 2 aromatic rings. The molecule has 0 aliphatic carbocycles. The predicted octanol–water partition coefficient (Wildman–Crippen LogP) is 2.94. The largest absolute Gasteiger partial charge is 0.497 e. The number of nitrogens with zero attached hydrogens (tertiary/aromatic N) is 2. The van der Waals surface area contributed by atoms with Gasteiger partial charge in [-0.25, -0.2) is 0 Å². The van der Waals surface area contributed by atoms with E-state index in [1.165, 1.54) is 0 Å². The monoisotopic (exact) mass is 241 g/mol. The van der Waals surface area contributed by atoms with Crippen LogP contribution in [0, 0.1) is 11.3 Å². The Labute approximate surface area is 106 Å². The molecule has 18 heavy (non-hydrogen) atoms. The van der Waals surface area contributed by atoms with Gasteiger partial charge >= 0.3 is 0 Å². The molecule has 0 spiro atoms. The van der Waals surface area contributed by atoms with Crippen molar-refractivity contribution >= 4 is 16.6 Å². The summed E-state index contributed by atoms with van der Waals surface area (Å²) in [6, 6.07) is 7.83. The van der Waals surface area contributed by atoms with Crippen molar-refractivity contribution in [3.05, 3.63) is 30.0 Å². The molecule has 0 aliphatic heterocycles. The Bertz CT molecular complexity index is 602. The lowest BCUT2D eigenvalue weighted by atomic mass is 10.1. The van der Waals surface area contributed by atoms with E-state index in [2.05, 4.69) is 23.3 Å². The average Bonchev–Trinajstić information content (AvgIpc) is 2.43. The highest BCUT2D eigenvalue weighted by molar-refractivity contribution is 5.94. The van der Waals surface area contributed by atoms with E-state index in [1.807, 2.05) is 18.2 Å². The standard InChI is InChI=1S/C14H15N3O/c1-3-6-16-14-10(8-15)9-17-13-5-4-11(18-2)7-12(13)14/h4-5,7,9H,3,6H2,1-2H3,(H,16,17). The Hall–Kier alpha value is -2.28. The van der Waals surface area contributed by atoms with Crippen molar-refractivity contribution in [3.8, 4) is 11.8 Å². The number of fused-ring (bicyclic) bond motifs is 1. The van der Waals surface area contributed by atoms with Crippen LogP contribution in [0.1, 0.15) is 18.9 Å². The van der Waals surface area contributed by atoms with Crippen LogP contribution in [-0.2, 0) is 0 Å². The fraction of sp³-hybridized carbons (Fsp3) is 0.286. The molecule has 1 aromatic carbocycles. The number of nitriles is 1. The van der Waals surface area contributed by atoms with Gasteiger partial charge in [-0.05, 0) is 24.6 Å². The van der Waals surface area contributed by atoms with Crippen LogP contribution in [0.2, 0.25) is 0 Å². The molecule has 0 unspecified atom stereocenters. The normalized spacial score (nSPS) is 10.1. The molecule has 0 saturated heterocycles. The third-order valence-corrected chi connectivity index (χ3v) is 2.75. The lowest BCUT2D eigenvalue weighted by Crippen LogP contribution is -2.03. The van der Waals surface area contributed by atoms with Gasteiger partial charge in [0.05, 0.1) is 23.9 Å². The van der Waals surface area contributed by atoms with E-state index in [1.54, 1.807) is 13.3 Å². The van der Waals surface area contributed by atoms with Crippen LogP contribution in [0.5, 0.6) is 5.75 Å². The highest BCUT2D eigenvalue weighted by Crippen LogP contribution is 2.28. The number of anilines is 1. The van der Waals surface area contributed by atoms with Crippen molar-refractivity contribution in [2.45, 2.75) is 13.3 Å². The number of methoxy groups -OCH3 is 1. The van der Waals surface area contributed by atoms with Gasteiger partial charge in [0.15, 0.2) is 0 Å². The van der Waals surface area contributed by atoms with E-state index in [-0.39, 0.29) is 0 Å². The van der Waals surface area contributed by atoms with Crippen LogP contribution in [0.4, 0.5) is 5.69 Å². The maximum Gasteiger partial charge on any atom is 0.119 e. The molecule has 0 aliphatic rings. The van der Waals surface area contributed by atoms with E-state index in [4.69, 9.17) is 10.00 Å². The van der Waals surface area contributed by atoms with Gasteiger partial charge in [-0.15, -0.1) is 0 Å². The molecule has 4 heteroatoms. The van der Waals surface area contributed by atoms with Crippen LogP contribution in [0.3, 0.4) is 0 Å². The van der Waals surface area contributed by atoms with Crippen molar-refractivity contribution < 1.29 is 4.74 Å². The first-order chi connectivity index (χ1) is 8.80. The number of aromatic nitrogens is 1. The quantitative estimate of drug-likeness (QED) is 0.894. The third-order valence-electron chi connectivity index (χ3n) is 2.75. The fourth-order valence-corrected chi connectivity index (χ4v) is 1.82. The molecule has 0 bridgehead atoms. The minimum atomic E-state index is 0.559. The Morgan fingerprint density at radius 2 is 2.28 bits per heavy atom. The highest BCUT2D eigenvalue weighted by atomic mass is 16.5. The lowest BCUT2D eigenvalue weighted by molar-refractivity contribution is 0.415. The number of nitrogens with one attached hydrogen (secondary N) is 1. The summed E-state index contributed by atoms with van der Waals surface area (Å²) < 4.78 is 5.22. The maximum absolute atomic E-state index is 9.14. The summed E-state index contributed by atoms with van der Waals surface area (Å²) in [5.74, 6) is 0.763. The minimum absolute atomic E-state index is 0.559. The SMILES string of the molecule is CCCNc1c(C#N)cnc2ccc(OC)cc12. The highest BCUT2D eigenvalue weighted by Gasteiger charge is 2.09. The van der Waals surface area contributed by atoms with E-state index < -0.39 is 0 Å². The molecule has 1 heterocycles. The van der Waals surface area contributed by atoms with Crippen LogP contribution in [0.15, 0.2) is 24.4 Å². The van der Waals surface area contributed by atoms with Crippen molar-refractivity contribution in [2.75, 3.05) is 19.0 Å². The molecule has 1 N–H and O–H groups in total. The Morgan fingerprint density at radius 1 is 1.44 bits per heavy atom. The van der Waals surface area contributed by atoms with Crippen LogP contribution in [0.25, 0.3) is 10.9 Å². The van der Waals surface area contributed by atoms with E-state index >= 15 is 0 Å². The second-order valence-electron chi connectivity index (χ2n) is 3.97. The van der Waals surface area contributed by atoms with Crippen molar-refractivity contribution in [1.82, 2.24) is 4.98 Å². The van der Waals surface area contributed by atoms with Crippen LogP contribution in [-0.4, -0.2) is 18.6 Å². The molecule has 92 valence electrons. The molecule has 0 radical (unpaired) electrons.